The lowest BCUT2D eigenvalue weighted by molar-refractivity contribution is -0.165. The second kappa shape index (κ2) is 15.9. The Labute approximate surface area is 275 Å². The first kappa shape index (κ1) is 34.7. The Bertz CT molecular complexity index is 1490. The zero-order valence-corrected chi connectivity index (χ0v) is 27.9. The highest BCUT2D eigenvalue weighted by Crippen LogP contribution is 2.36. The number of carbonyl (C=O) groups excluding carboxylic acids is 4. The number of nitrogens with one attached hydrogen (secondary N) is 1. The predicted molar refractivity (Wildman–Crippen MR) is 179 cm³/mol. The second-order valence-corrected chi connectivity index (χ2v) is 13.1. The maximum absolute atomic E-state index is 14.7. The molecule has 1 aliphatic heterocycles. The van der Waals surface area contributed by atoms with Crippen LogP contribution in [0.1, 0.15) is 52.2 Å². The zero-order valence-electron chi connectivity index (χ0n) is 27.1. The van der Waals surface area contributed by atoms with Crippen molar-refractivity contribution in [2.24, 2.45) is 0 Å². The summed E-state index contributed by atoms with van der Waals surface area (Å²) in [5, 5.41) is 5.79. The van der Waals surface area contributed by atoms with Crippen molar-refractivity contribution in [3.05, 3.63) is 96.1 Å². The van der Waals surface area contributed by atoms with Gasteiger partial charge in [-0.05, 0) is 63.8 Å². The quantitative estimate of drug-likeness (QED) is 0.263. The highest BCUT2D eigenvalue weighted by Gasteiger charge is 2.43. The van der Waals surface area contributed by atoms with E-state index in [4.69, 9.17) is 9.47 Å². The molecular formula is C36H43N3O6S. The average Bonchev–Trinajstić information content (AvgIpc) is 3.15. The first-order valence-electron chi connectivity index (χ1n) is 15.6. The number of hydrazine groups is 1. The number of hydrogen-bond donors (Lipinski definition) is 1. The molecule has 3 atom stereocenters. The smallest absolute Gasteiger partial charge is 0.331 e. The van der Waals surface area contributed by atoms with E-state index in [0.717, 1.165) is 16.0 Å². The zero-order chi connectivity index (χ0) is 33.3. The van der Waals surface area contributed by atoms with Crippen molar-refractivity contribution in [1.29, 1.82) is 0 Å². The Hall–Kier alpha value is -4.15. The summed E-state index contributed by atoms with van der Waals surface area (Å²) >= 11 is 1.44. The maximum atomic E-state index is 14.7. The van der Waals surface area contributed by atoms with Crippen LogP contribution in [0, 0.1) is 0 Å². The number of aryl methyl sites for hydroxylation is 1. The van der Waals surface area contributed by atoms with Crippen molar-refractivity contribution in [3.63, 3.8) is 0 Å². The number of para-hydroxylation sites is 1. The number of amides is 2. The van der Waals surface area contributed by atoms with Crippen LogP contribution in [0.25, 0.3) is 0 Å². The summed E-state index contributed by atoms with van der Waals surface area (Å²) in [6.45, 7) is 8.55. The van der Waals surface area contributed by atoms with Gasteiger partial charge < -0.3 is 9.47 Å². The fraction of sp³-hybridized carbons (Fsp3) is 0.389. The van der Waals surface area contributed by atoms with Gasteiger partial charge in [-0.1, -0.05) is 72.8 Å². The molecule has 0 bridgehead atoms. The Morgan fingerprint density at radius 3 is 2.15 bits per heavy atom. The summed E-state index contributed by atoms with van der Waals surface area (Å²) < 4.78 is 11.2. The van der Waals surface area contributed by atoms with Gasteiger partial charge in [0, 0.05) is 24.0 Å². The van der Waals surface area contributed by atoms with Crippen LogP contribution < -0.4 is 10.3 Å². The summed E-state index contributed by atoms with van der Waals surface area (Å²) in [5.74, 6) is -1.78. The van der Waals surface area contributed by atoms with E-state index >= 15 is 0 Å². The summed E-state index contributed by atoms with van der Waals surface area (Å²) in [6, 6.07) is 23.5. The summed E-state index contributed by atoms with van der Waals surface area (Å²) in [4.78, 5) is 56.1. The molecule has 46 heavy (non-hydrogen) atoms. The third kappa shape index (κ3) is 9.20. The van der Waals surface area contributed by atoms with Crippen LogP contribution in [0.2, 0.25) is 0 Å². The number of carbonyl (C=O) groups is 4. The van der Waals surface area contributed by atoms with Gasteiger partial charge in [0.05, 0.1) is 18.3 Å². The van der Waals surface area contributed by atoms with Crippen molar-refractivity contribution in [2.75, 3.05) is 17.4 Å². The number of benzene rings is 3. The van der Waals surface area contributed by atoms with Gasteiger partial charge in [-0.2, -0.15) is 0 Å². The topological polar surface area (TPSA) is 105 Å². The molecule has 1 N–H and O–H groups in total. The number of hydrogen-bond acceptors (Lipinski definition) is 8. The van der Waals surface area contributed by atoms with Crippen molar-refractivity contribution >= 4 is 41.2 Å². The number of fused-ring (bicyclic) bond motifs is 1. The van der Waals surface area contributed by atoms with Crippen LogP contribution in [0.3, 0.4) is 0 Å². The summed E-state index contributed by atoms with van der Waals surface area (Å²) in [6.07, 6.45) is 1.11. The molecule has 2 amide bonds. The van der Waals surface area contributed by atoms with Gasteiger partial charge >= 0.3 is 11.9 Å². The standard InChI is InChI=1S/C36H43N3O6S/c1-6-44-34(42)28(22-21-26-15-9-7-10-16-26)37-29-24-46-32-20-14-13-19-30(32)39(33(29)41)38(25(2)40)31(35(43)45-36(3,4)5)23-27-17-11-8-12-18-27/h7-20,28-29,31,37H,6,21-24H2,1-5H3/t28-,29-,31-/m0/s1. The fourth-order valence-electron chi connectivity index (χ4n) is 5.29. The third-order valence-corrected chi connectivity index (χ3v) is 8.48. The minimum Gasteiger partial charge on any atom is -0.465 e. The Kier molecular flexibility index (Phi) is 12.0. The molecule has 1 aliphatic rings. The van der Waals surface area contributed by atoms with E-state index in [1.807, 2.05) is 72.8 Å². The van der Waals surface area contributed by atoms with Gasteiger partial charge in [0.15, 0.2) is 6.04 Å². The SMILES string of the molecule is CCOC(=O)[C@H](CCc1ccccc1)N[C@H]1CSc2ccccc2N(N(C(C)=O)[C@@H](Cc2ccccc2)C(=O)OC(C)(C)C)C1=O. The lowest BCUT2D eigenvalue weighted by Gasteiger charge is -2.40. The van der Waals surface area contributed by atoms with Crippen LogP contribution in [-0.4, -0.2) is 64.8 Å². The number of anilines is 1. The molecule has 0 aromatic heterocycles. The molecule has 0 unspecified atom stereocenters. The molecule has 0 spiro atoms. The minimum atomic E-state index is -1.15. The van der Waals surface area contributed by atoms with Crippen molar-refractivity contribution in [2.45, 2.75) is 82.5 Å². The number of esters is 2. The molecule has 0 fully saturated rings. The Balaban J connectivity index is 1.74. The number of nitrogens with zero attached hydrogens (tertiary/aromatic N) is 2. The van der Waals surface area contributed by atoms with Crippen molar-refractivity contribution < 1.29 is 28.7 Å². The number of rotatable bonds is 12. The monoisotopic (exact) mass is 645 g/mol. The molecule has 10 heteroatoms. The molecule has 0 saturated heterocycles. The molecule has 0 radical (unpaired) electrons. The lowest BCUT2D eigenvalue weighted by Crippen LogP contribution is -2.63. The highest BCUT2D eigenvalue weighted by atomic mass is 32.2. The molecule has 0 saturated carbocycles. The maximum Gasteiger partial charge on any atom is 0.331 e. The van der Waals surface area contributed by atoms with E-state index in [1.165, 1.54) is 28.7 Å². The molecule has 3 aromatic rings. The van der Waals surface area contributed by atoms with Gasteiger partial charge in [-0.25, -0.2) is 14.8 Å². The highest BCUT2D eigenvalue weighted by molar-refractivity contribution is 7.99. The summed E-state index contributed by atoms with van der Waals surface area (Å²) in [5.41, 5.74) is 1.49. The number of ether oxygens (including phenoxy) is 2. The van der Waals surface area contributed by atoms with Gasteiger partial charge in [-0.15, -0.1) is 11.8 Å². The minimum absolute atomic E-state index is 0.120. The van der Waals surface area contributed by atoms with Crippen LogP contribution in [0.4, 0.5) is 5.69 Å². The predicted octanol–water partition coefficient (Wildman–Crippen LogP) is 5.36. The fourth-order valence-corrected chi connectivity index (χ4v) is 6.36. The first-order valence-corrected chi connectivity index (χ1v) is 16.6. The van der Waals surface area contributed by atoms with Gasteiger partial charge in [0.25, 0.3) is 5.91 Å². The first-order chi connectivity index (χ1) is 22.0. The Morgan fingerprint density at radius 1 is 0.935 bits per heavy atom. The van der Waals surface area contributed by atoms with E-state index < -0.39 is 47.5 Å². The van der Waals surface area contributed by atoms with E-state index in [2.05, 4.69) is 5.32 Å². The average molecular weight is 646 g/mol. The van der Waals surface area contributed by atoms with Crippen molar-refractivity contribution in [3.8, 4) is 0 Å². The van der Waals surface area contributed by atoms with Crippen LogP contribution >= 0.6 is 11.8 Å². The molecular weight excluding hydrogens is 602 g/mol. The van der Waals surface area contributed by atoms with Gasteiger partial charge in [0.1, 0.15) is 11.6 Å². The van der Waals surface area contributed by atoms with Crippen molar-refractivity contribution in [1.82, 2.24) is 10.3 Å². The second-order valence-electron chi connectivity index (χ2n) is 12.1. The van der Waals surface area contributed by atoms with E-state index in [0.29, 0.717) is 18.5 Å². The molecule has 244 valence electrons. The van der Waals surface area contributed by atoms with E-state index in [1.54, 1.807) is 39.8 Å². The normalized spacial score (nSPS) is 16.1. The molecule has 9 nitrogen and oxygen atoms in total. The molecule has 1 heterocycles. The third-order valence-electron chi connectivity index (χ3n) is 7.33. The summed E-state index contributed by atoms with van der Waals surface area (Å²) in [7, 11) is 0. The van der Waals surface area contributed by atoms with Crippen LogP contribution in [0.5, 0.6) is 0 Å². The van der Waals surface area contributed by atoms with Crippen LogP contribution in [0.15, 0.2) is 89.8 Å². The molecule has 3 aromatic carbocycles. The van der Waals surface area contributed by atoms with E-state index in [-0.39, 0.29) is 18.8 Å². The molecule has 4 rings (SSSR count). The Morgan fingerprint density at radius 2 is 1.54 bits per heavy atom. The number of thioether (sulfide) groups is 1. The van der Waals surface area contributed by atoms with Crippen LogP contribution in [-0.2, 0) is 41.5 Å². The van der Waals surface area contributed by atoms with Gasteiger partial charge in [0.2, 0.25) is 5.91 Å². The largest absolute Gasteiger partial charge is 0.465 e. The van der Waals surface area contributed by atoms with Gasteiger partial charge in [-0.3, -0.25) is 19.7 Å². The molecule has 0 aliphatic carbocycles. The van der Waals surface area contributed by atoms with E-state index in [9.17, 15) is 19.2 Å². The lowest BCUT2D eigenvalue weighted by atomic mass is 10.0.